The first-order chi connectivity index (χ1) is 9.56. The zero-order valence-electron chi connectivity index (χ0n) is 11.2. The van der Waals surface area contributed by atoms with Gasteiger partial charge in [-0.3, -0.25) is 4.79 Å². The minimum absolute atomic E-state index is 0.0216. The fourth-order valence-electron chi connectivity index (χ4n) is 3.36. The molecule has 4 nitrogen and oxygen atoms in total. The van der Waals surface area contributed by atoms with Crippen molar-refractivity contribution in [3.05, 3.63) is 42.0 Å². The molecule has 104 valence electrons. The number of hydrogen-bond donors (Lipinski definition) is 1. The Balaban J connectivity index is 1.78. The van der Waals surface area contributed by atoms with E-state index in [0.29, 0.717) is 5.69 Å². The highest BCUT2D eigenvalue weighted by molar-refractivity contribution is 5.96. The van der Waals surface area contributed by atoms with Crippen molar-refractivity contribution in [3.8, 4) is 0 Å². The second kappa shape index (κ2) is 4.78. The summed E-state index contributed by atoms with van der Waals surface area (Å²) in [6.07, 6.45) is 4.61. The van der Waals surface area contributed by atoms with Gasteiger partial charge in [-0.1, -0.05) is 29.8 Å². The van der Waals surface area contributed by atoms with Crippen LogP contribution in [0.5, 0.6) is 0 Å². The summed E-state index contributed by atoms with van der Waals surface area (Å²) in [5.74, 6) is -2.59. The third-order valence-electron chi connectivity index (χ3n) is 4.35. The van der Waals surface area contributed by atoms with E-state index in [9.17, 15) is 14.7 Å². The number of allylic oxidation sites excluding steroid dienone is 2. The molecule has 1 fully saturated rings. The lowest BCUT2D eigenvalue weighted by Crippen LogP contribution is -2.42. The molecule has 1 amide bonds. The number of carboxylic acid groups (broad SMARTS) is 1. The molecule has 1 aromatic carbocycles. The Labute approximate surface area is 117 Å². The van der Waals surface area contributed by atoms with Gasteiger partial charge in [0.2, 0.25) is 5.91 Å². The molecule has 1 saturated carbocycles. The summed E-state index contributed by atoms with van der Waals surface area (Å²) in [5, 5.41) is 14.1. The van der Waals surface area contributed by atoms with E-state index in [2.05, 4.69) is 5.32 Å². The molecule has 4 heteroatoms. The SMILES string of the molecule is Cc1ccc(NC(=O)[C@@H]2[C@@H](C(=O)[O-])[C@H]3C=C[C@H]2C3)cc1. The Kier molecular flexibility index (Phi) is 3.08. The summed E-state index contributed by atoms with van der Waals surface area (Å²) in [5.41, 5.74) is 1.81. The Morgan fingerprint density at radius 3 is 2.30 bits per heavy atom. The van der Waals surface area contributed by atoms with Gasteiger partial charge in [-0.05, 0) is 37.3 Å². The molecule has 0 heterocycles. The van der Waals surface area contributed by atoms with Gasteiger partial charge >= 0.3 is 0 Å². The highest BCUT2D eigenvalue weighted by Gasteiger charge is 2.48. The highest BCUT2D eigenvalue weighted by Crippen LogP contribution is 2.48. The summed E-state index contributed by atoms with van der Waals surface area (Å²) in [6, 6.07) is 7.47. The van der Waals surface area contributed by atoms with Crippen LogP contribution in [-0.4, -0.2) is 11.9 Å². The van der Waals surface area contributed by atoms with E-state index in [1.54, 1.807) is 0 Å². The molecule has 1 N–H and O–H groups in total. The Morgan fingerprint density at radius 1 is 1.10 bits per heavy atom. The fourth-order valence-corrected chi connectivity index (χ4v) is 3.36. The van der Waals surface area contributed by atoms with E-state index in [-0.39, 0.29) is 17.7 Å². The van der Waals surface area contributed by atoms with Crippen LogP contribution in [0.4, 0.5) is 5.69 Å². The molecule has 0 aliphatic heterocycles. The number of carbonyl (C=O) groups excluding carboxylic acids is 2. The van der Waals surface area contributed by atoms with Gasteiger partial charge in [0.25, 0.3) is 0 Å². The van der Waals surface area contributed by atoms with Crippen molar-refractivity contribution in [1.29, 1.82) is 0 Å². The second-order valence-corrected chi connectivity index (χ2v) is 5.67. The van der Waals surface area contributed by atoms with Crippen LogP contribution in [0, 0.1) is 30.6 Å². The average Bonchev–Trinajstić information content (AvgIpc) is 3.01. The number of anilines is 1. The molecule has 2 bridgehead atoms. The van der Waals surface area contributed by atoms with Gasteiger partial charge in [0.05, 0.1) is 5.92 Å². The molecule has 2 aliphatic carbocycles. The van der Waals surface area contributed by atoms with Gasteiger partial charge in [-0.25, -0.2) is 0 Å². The molecule has 0 saturated heterocycles. The molecule has 20 heavy (non-hydrogen) atoms. The van der Waals surface area contributed by atoms with Gasteiger partial charge in [0.15, 0.2) is 0 Å². The van der Waals surface area contributed by atoms with Crippen LogP contribution in [0.2, 0.25) is 0 Å². The fraction of sp³-hybridized carbons (Fsp3) is 0.375. The number of aryl methyl sites for hydroxylation is 1. The predicted molar refractivity (Wildman–Crippen MR) is 72.5 cm³/mol. The van der Waals surface area contributed by atoms with E-state index < -0.39 is 17.8 Å². The number of benzene rings is 1. The average molecular weight is 270 g/mol. The third-order valence-corrected chi connectivity index (χ3v) is 4.35. The molecule has 2 aliphatic rings. The lowest BCUT2D eigenvalue weighted by molar-refractivity contribution is -0.313. The number of carboxylic acids is 1. The van der Waals surface area contributed by atoms with Crippen LogP contribution >= 0.6 is 0 Å². The van der Waals surface area contributed by atoms with Crippen LogP contribution in [0.25, 0.3) is 0 Å². The third kappa shape index (κ3) is 2.11. The van der Waals surface area contributed by atoms with Crippen LogP contribution < -0.4 is 10.4 Å². The van der Waals surface area contributed by atoms with Crippen molar-refractivity contribution < 1.29 is 14.7 Å². The number of hydrogen-bond acceptors (Lipinski definition) is 3. The number of aliphatic carboxylic acids is 1. The lowest BCUT2D eigenvalue weighted by atomic mass is 9.82. The Hall–Kier alpha value is -2.10. The summed E-state index contributed by atoms with van der Waals surface area (Å²) >= 11 is 0. The molecule has 1 aromatic rings. The number of fused-ring (bicyclic) bond motifs is 2. The van der Waals surface area contributed by atoms with E-state index >= 15 is 0 Å². The van der Waals surface area contributed by atoms with Gasteiger partial charge < -0.3 is 15.2 Å². The van der Waals surface area contributed by atoms with Crippen molar-refractivity contribution in [2.24, 2.45) is 23.7 Å². The van der Waals surface area contributed by atoms with Gasteiger partial charge in [0, 0.05) is 17.6 Å². The monoisotopic (exact) mass is 270 g/mol. The maximum Gasteiger partial charge on any atom is 0.228 e. The van der Waals surface area contributed by atoms with E-state index in [1.165, 1.54) is 0 Å². The molecular formula is C16H16NO3-. The maximum absolute atomic E-state index is 12.4. The van der Waals surface area contributed by atoms with Crippen LogP contribution in [0.15, 0.2) is 36.4 Å². The largest absolute Gasteiger partial charge is 0.550 e. The van der Waals surface area contributed by atoms with Crippen molar-refractivity contribution in [2.45, 2.75) is 13.3 Å². The quantitative estimate of drug-likeness (QED) is 0.837. The predicted octanol–water partition coefficient (Wildman–Crippen LogP) is 1.12. The molecule has 0 spiro atoms. The van der Waals surface area contributed by atoms with Gasteiger partial charge in [-0.15, -0.1) is 0 Å². The smallest absolute Gasteiger partial charge is 0.228 e. The standard InChI is InChI=1S/C16H17NO3/c1-9-2-6-12(7-3-9)17-15(18)13-10-4-5-11(8-10)14(13)16(19)20/h2-7,10-11,13-14H,8H2,1H3,(H,17,18)(H,19,20)/p-1/t10-,11-,13-,14-/m0/s1. The molecule has 0 aromatic heterocycles. The van der Waals surface area contributed by atoms with Crippen molar-refractivity contribution in [1.82, 2.24) is 0 Å². The summed E-state index contributed by atoms with van der Waals surface area (Å²) < 4.78 is 0. The molecule has 0 radical (unpaired) electrons. The first kappa shape index (κ1) is 12.9. The Morgan fingerprint density at radius 2 is 1.70 bits per heavy atom. The number of amides is 1. The summed E-state index contributed by atoms with van der Waals surface area (Å²) in [6.45, 7) is 1.97. The first-order valence-electron chi connectivity index (χ1n) is 6.83. The zero-order valence-corrected chi connectivity index (χ0v) is 11.2. The number of rotatable bonds is 3. The van der Waals surface area contributed by atoms with Crippen LogP contribution in [0.1, 0.15) is 12.0 Å². The summed E-state index contributed by atoms with van der Waals surface area (Å²) in [7, 11) is 0. The van der Waals surface area contributed by atoms with E-state index in [4.69, 9.17) is 0 Å². The molecule has 0 unspecified atom stereocenters. The topological polar surface area (TPSA) is 69.2 Å². The minimum atomic E-state index is -1.12. The van der Waals surface area contributed by atoms with Gasteiger partial charge in [-0.2, -0.15) is 0 Å². The highest BCUT2D eigenvalue weighted by atomic mass is 16.4. The number of nitrogens with one attached hydrogen (secondary N) is 1. The zero-order chi connectivity index (χ0) is 14.3. The molecule has 4 atom stereocenters. The lowest BCUT2D eigenvalue weighted by Gasteiger charge is -2.27. The van der Waals surface area contributed by atoms with Crippen molar-refractivity contribution in [3.63, 3.8) is 0 Å². The Bertz CT molecular complexity index is 576. The van der Waals surface area contributed by atoms with Crippen LogP contribution in [-0.2, 0) is 9.59 Å². The van der Waals surface area contributed by atoms with Gasteiger partial charge in [0.1, 0.15) is 0 Å². The number of carbonyl (C=O) groups is 2. The van der Waals surface area contributed by atoms with Crippen molar-refractivity contribution >= 4 is 17.6 Å². The minimum Gasteiger partial charge on any atom is -0.550 e. The normalized spacial score (nSPS) is 30.4. The molecule has 3 rings (SSSR count). The van der Waals surface area contributed by atoms with Crippen LogP contribution in [0.3, 0.4) is 0 Å². The van der Waals surface area contributed by atoms with E-state index in [0.717, 1.165) is 12.0 Å². The van der Waals surface area contributed by atoms with E-state index in [1.807, 2.05) is 43.3 Å². The second-order valence-electron chi connectivity index (χ2n) is 5.67. The molecular weight excluding hydrogens is 254 g/mol. The first-order valence-corrected chi connectivity index (χ1v) is 6.83. The van der Waals surface area contributed by atoms with Crippen molar-refractivity contribution in [2.75, 3.05) is 5.32 Å². The summed E-state index contributed by atoms with van der Waals surface area (Å²) in [4.78, 5) is 23.6. The maximum atomic E-state index is 12.4.